The number of thiocarbonyl (C=S) groups is 1. The van der Waals surface area contributed by atoms with Gasteiger partial charge in [0.1, 0.15) is 23.4 Å². The van der Waals surface area contributed by atoms with Crippen molar-refractivity contribution in [2.24, 2.45) is 5.41 Å². The van der Waals surface area contributed by atoms with Gasteiger partial charge in [-0.15, -0.1) is 11.3 Å². The van der Waals surface area contributed by atoms with Crippen LogP contribution < -0.4 is 25.2 Å². The van der Waals surface area contributed by atoms with E-state index in [0.717, 1.165) is 38.7 Å². The number of nitrogens with zero attached hydrogens (tertiary/aromatic N) is 5. The number of nitriles is 1. The molecule has 1 aromatic heterocycles. The molecule has 2 aliphatic rings. The normalized spacial score (nSPS) is 18.0. The maximum atomic E-state index is 14.0. The number of hydrogen-bond acceptors (Lipinski definition) is 10. The Labute approximate surface area is 372 Å². The van der Waals surface area contributed by atoms with Gasteiger partial charge in [-0.1, -0.05) is 45.0 Å². The monoisotopic (exact) mass is 903 g/mol. The van der Waals surface area contributed by atoms with Gasteiger partial charge in [-0.3, -0.25) is 24.1 Å². The van der Waals surface area contributed by atoms with Gasteiger partial charge < -0.3 is 30.3 Å². The summed E-state index contributed by atoms with van der Waals surface area (Å²) in [7, 11) is 0. The zero-order valence-electron chi connectivity index (χ0n) is 35.6. The predicted molar refractivity (Wildman–Crippen MR) is 236 cm³/mol. The lowest BCUT2D eigenvalue weighted by Crippen LogP contribution is -2.57. The van der Waals surface area contributed by atoms with Crippen LogP contribution in [0.3, 0.4) is 0 Å². The van der Waals surface area contributed by atoms with E-state index in [2.05, 4.69) is 15.6 Å². The number of alkyl halides is 3. The summed E-state index contributed by atoms with van der Waals surface area (Å²) in [5, 5.41) is 25.5. The van der Waals surface area contributed by atoms with Crippen LogP contribution in [0.15, 0.2) is 72.2 Å². The molecule has 4 amide bonds. The van der Waals surface area contributed by atoms with Crippen LogP contribution in [0.25, 0.3) is 10.4 Å². The first-order valence-corrected chi connectivity index (χ1v) is 21.5. The van der Waals surface area contributed by atoms with Crippen LogP contribution in [0.5, 0.6) is 5.75 Å². The van der Waals surface area contributed by atoms with Crippen LogP contribution in [0.1, 0.15) is 76.3 Å². The average Bonchev–Trinajstić information content (AvgIpc) is 3.89. The Morgan fingerprint density at radius 3 is 2.33 bits per heavy atom. The zero-order valence-corrected chi connectivity index (χ0v) is 37.2. The molecule has 0 aliphatic carbocycles. The number of halogens is 3. The molecule has 3 heterocycles. The van der Waals surface area contributed by atoms with Crippen LogP contribution in [0, 0.1) is 23.7 Å². The summed E-state index contributed by atoms with van der Waals surface area (Å²) in [6.45, 7) is 10.9. The number of aliphatic hydroxyl groups excluding tert-OH is 1. The van der Waals surface area contributed by atoms with Crippen molar-refractivity contribution in [2.45, 2.75) is 97.3 Å². The van der Waals surface area contributed by atoms with Crippen molar-refractivity contribution in [3.8, 4) is 22.3 Å². The minimum absolute atomic E-state index is 0.0193. The molecule has 1 unspecified atom stereocenters. The number of ether oxygens (including phenoxy) is 1. The van der Waals surface area contributed by atoms with E-state index in [4.69, 9.17) is 17.0 Å². The first-order valence-electron chi connectivity index (χ1n) is 20.2. The van der Waals surface area contributed by atoms with Crippen molar-refractivity contribution < 1.29 is 42.2 Å². The molecule has 0 bridgehead atoms. The Hall–Kier alpha value is -5.90. The second kappa shape index (κ2) is 18.4. The van der Waals surface area contributed by atoms with Gasteiger partial charge >= 0.3 is 6.18 Å². The van der Waals surface area contributed by atoms with Gasteiger partial charge in [-0.25, -0.2) is 4.98 Å². The maximum Gasteiger partial charge on any atom is 0.417 e. The van der Waals surface area contributed by atoms with E-state index in [0.29, 0.717) is 11.4 Å². The Kier molecular flexibility index (Phi) is 13.6. The SMILES string of the molecule is Cc1ncsc1-c1ccc(CNC(=O)[C@@H]2C[C@@H](O)CN2C(=O)C(NC(=O)CCCOc2ccc(N3C(=S)N(c4ccc(C#N)c(C(F)(F)F)c4)C(=O)C3(C)C)cc2)C(C)(C)C)cc1. The molecule has 2 saturated heterocycles. The van der Waals surface area contributed by atoms with E-state index >= 15 is 0 Å². The van der Waals surface area contributed by atoms with Crippen molar-refractivity contribution in [3.05, 3.63) is 94.6 Å². The van der Waals surface area contributed by atoms with Crippen molar-refractivity contribution in [1.29, 1.82) is 5.26 Å². The number of anilines is 2. The number of nitrogens with one attached hydrogen (secondary N) is 2. The van der Waals surface area contributed by atoms with E-state index in [-0.39, 0.29) is 49.8 Å². The number of β-amino-alcohol motifs (C(OH)–C–C–N with tert-alkyl or cyclic N) is 1. The molecule has 3 atom stereocenters. The highest BCUT2D eigenvalue weighted by molar-refractivity contribution is 7.81. The zero-order chi connectivity index (χ0) is 46.0. The van der Waals surface area contributed by atoms with Gasteiger partial charge in [-0.05, 0) is 98.4 Å². The molecule has 0 saturated carbocycles. The summed E-state index contributed by atoms with van der Waals surface area (Å²) < 4.78 is 47.1. The third-order valence-corrected chi connectivity index (χ3v) is 12.3. The van der Waals surface area contributed by atoms with Crippen molar-refractivity contribution in [3.63, 3.8) is 0 Å². The average molecular weight is 904 g/mol. The van der Waals surface area contributed by atoms with E-state index in [1.165, 1.54) is 21.9 Å². The third kappa shape index (κ3) is 10.2. The lowest BCUT2D eigenvalue weighted by Gasteiger charge is -2.35. The third-order valence-electron chi connectivity index (χ3n) is 11.0. The quantitative estimate of drug-likeness (QED) is 0.0950. The van der Waals surface area contributed by atoms with Crippen molar-refractivity contribution in [2.75, 3.05) is 23.0 Å². The summed E-state index contributed by atoms with van der Waals surface area (Å²) in [5.74, 6) is -1.39. The minimum Gasteiger partial charge on any atom is -0.494 e. The van der Waals surface area contributed by atoms with Gasteiger partial charge in [0.2, 0.25) is 17.7 Å². The number of hydrogen-bond donors (Lipinski definition) is 3. The highest BCUT2D eigenvalue weighted by Gasteiger charge is 2.51. The Morgan fingerprint density at radius 1 is 1.06 bits per heavy atom. The number of thiazole rings is 1. The van der Waals surface area contributed by atoms with Crippen LogP contribution in [-0.4, -0.2) is 80.6 Å². The summed E-state index contributed by atoms with van der Waals surface area (Å²) in [5.41, 5.74) is 1.23. The Bertz CT molecular complexity index is 2430. The minimum atomic E-state index is -4.82. The Morgan fingerprint density at radius 2 is 1.73 bits per heavy atom. The summed E-state index contributed by atoms with van der Waals surface area (Å²) in [6, 6.07) is 17.0. The lowest BCUT2D eigenvalue weighted by molar-refractivity contribution is -0.144. The summed E-state index contributed by atoms with van der Waals surface area (Å²) in [4.78, 5) is 63.5. The number of carbonyl (C=O) groups is 4. The van der Waals surface area contributed by atoms with E-state index in [1.807, 2.05) is 52.0 Å². The number of aliphatic hydroxyl groups is 1. The molecule has 18 heteroatoms. The van der Waals surface area contributed by atoms with Gasteiger partial charge in [0.15, 0.2) is 5.11 Å². The molecule has 2 aliphatic heterocycles. The molecule has 4 aromatic rings. The maximum absolute atomic E-state index is 14.0. The predicted octanol–water partition coefficient (Wildman–Crippen LogP) is 6.89. The molecule has 2 fully saturated rings. The van der Waals surface area contributed by atoms with Crippen LogP contribution in [0.2, 0.25) is 0 Å². The molecule has 0 radical (unpaired) electrons. The van der Waals surface area contributed by atoms with E-state index in [9.17, 15) is 42.7 Å². The van der Waals surface area contributed by atoms with Crippen molar-refractivity contribution >= 4 is 63.7 Å². The molecule has 3 N–H and O–H groups in total. The standard InChI is InChI=1S/C45H48F3N7O6S2/c1-26-37(63-25-51-26)28-11-9-27(10-12-28)23-50-39(58)35-21-32(56)24-53(35)40(59)38(43(2,3)4)52-36(57)8-7-19-61-33-17-15-30(16-18-33)55-42(62)54(41(60)44(55,5)6)31-14-13-29(22-49)34(20-31)45(46,47)48/h9-18,20,25,32,35,38,56H,7-8,19,21,23-24H2,1-6H3,(H,50,58)(H,52,57)/t32-,35+,38?/m1/s1. The van der Waals surface area contributed by atoms with Gasteiger partial charge in [0, 0.05) is 31.6 Å². The molecular weight excluding hydrogens is 856 g/mol. The number of aromatic nitrogens is 1. The fourth-order valence-corrected chi connectivity index (χ4v) is 8.92. The topological polar surface area (TPSA) is 168 Å². The summed E-state index contributed by atoms with van der Waals surface area (Å²) in [6.07, 6.45) is -5.36. The fraction of sp³-hybridized carbons (Fsp3) is 0.400. The molecule has 0 spiro atoms. The van der Waals surface area contributed by atoms with Gasteiger partial charge in [0.25, 0.3) is 5.91 Å². The van der Waals surface area contributed by atoms with E-state index < -0.39 is 70.1 Å². The number of carbonyl (C=O) groups excluding carboxylic acids is 4. The van der Waals surface area contributed by atoms with Gasteiger partial charge in [-0.2, -0.15) is 18.4 Å². The number of likely N-dealkylation sites (tertiary alicyclic amines) is 1. The Balaban J connectivity index is 1.02. The van der Waals surface area contributed by atoms with Crippen molar-refractivity contribution in [1.82, 2.24) is 20.5 Å². The first-order chi connectivity index (χ1) is 29.6. The summed E-state index contributed by atoms with van der Waals surface area (Å²) >= 11 is 7.17. The fourth-order valence-electron chi connectivity index (χ4n) is 7.59. The number of amides is 4. The molecule has 3 aromatic carbocycles. The second-order valence-corrected chi connectivity index (χ2v) is 18.3. The molecule has 63 heavy (non-hydrogen) atoms. The van der Waals surface area contributed by atoms with Gasteiger partial charge in [0.05, 0.1) is 51.7 Å². The second-order valence-electron chi connectivity index (χ2n) is 17.0. The van der Waals surface area contributed by atoms with E-state index in [1.54, 1.807) is 55.0 Å². The highest BCUT2D eigenvalue weighted by Crippen LogP contribution is 2.40. The smallest absolute Gasteiger partial charge is 0.417 e. The first kappa shape index (κ1) is 46.6. The van der Waals surface area contributed by atoms with Crippen LogP contribution in [0.4, 0.5) is 24.5 Å². The lowest BCUT2D eigenvalue weighted by atomic mass is 9.85. The molecule has 332 valence electrons. The number of aryl methyl sites for hydroxylation is 1. The van der Waals surface area contributed by atoms with Crippen LogP contribution in [-0.2, 0) is 31.9 Å². The number of rotatable bonds is 13. The molecule has 6 rings (SSSR count). The highest BCUT2D eigenvalue weighted by atomic mass is 32.1. The van der Waals surface area contributed by atoms with Crippen LogP contribution >= 0.6 is 23.6 Å². The molecule has 13 nitrogen and oxygen atoms in total. The number of benzene rings is 3. The molecular formula is C45H48F3N7O6S2. The largest absolute Gasteiger partial charge is 0.494 e.